The monoisotopic (exact) mass is 371 g/mol. The molecule has 9 nitrogen and oxygen atoms in total. The largest absolute Gasteiger partial charge is 0.368 e. The third-order valence-electron chi connectivity index (χ3n) is 3.92. The number of amides is 2. The number of anilines is 2. The summed E-state index contributed by atoms with van der Waals surface area (Å²) >= 11 is 0. The van der Waals surface area contributed by atoms with Gasteiger partial charge in [-0.3, -0.25) is 24.7 Å². The standard InChI is InChI=1S/C17H14FN5O4/c18-12-7-6-10(8-14(12)23(26)27)20-17(25)13-9-15(16(19)24)22(21-13)11-4-2-1-3-5-11/h1-8,15H,9H2,(H2,19,24)(H,20,25). The number of nitrogens with two attached hydrogens (primary N) is 1. The normalized spacial score (nSPS) is 16.0. The van der Waals surface area contributed by atoms with E-state index in [2.05, 4.69) is 10.4 Å². The van der Waals surface area contributed by atoms with Crippen LogP contribution >= 0.6 is 0 Å². The Morgan fingerprint density at radius 1 is 1.26 bits per heavy atom. The number of primary amides is 1. The predicted octanol–water partition coefficient (Wildman–Crippen LogP) is 1.79. The van der Waals surface area contributed by atoms with E-state index in [9.17, 15) is 24.1 Å². The number of carbonyl (C=O) groups is 2. The van der Waals surface area contributed by atoms with Crippen molar-refractivity contribution in [1.29, 1.82) is 0 Å². The second-order valence-electron chi connectivity index (χ2n) is 5.73. The van der Waals surface area contributed by atoms with Gasteiger partial charge in [0.15, 0.2) is 0 Å². The number of nitro groups is 1. The van der Waals surface area contributed by atoms with Gasteiger partial charge in [0.1, 0.15) is 11.8 Å². The SMILES string of the molecule is NC(=O)C1CC(C(=O)Nc2ccc(F)c([N+](=O)[O-])c2)=NN1c1ccccc1. The molecule has 1 heterocycles. The van der Waals surface area contributed by atoms with Crippen LogP contribution in [-0.4, -0.2) is 28.5 Å². The molecule has 0 saturated heterocycles. The minimum absolute atomic E-state index is 0.0228. The average Bonchev–Trinajstić information content (AvgIpc) is 3.10. The van der Waals surface area contributed by atoms with Crippen LogP contribution in [0.1, 0.15) is 6.42 Å². The van der Waals surface area contributed by atoms with Crippen LogP contribution in [0.25, 0.3) is 0 Å². The lowest BCUT2D eigenvalue weighted by Crippen LogP contribution is -2.39. The summed E-state index contributed by atoms with van der Waals surface area (Å²) in [6.07, 6.45) is -0.0284. The first-order valence-corrected chi connectivity index (χ1v) is 7.83. The summed E-state index contributed by atoms with van der Waals surface area (Å²) in [7, 11) is 0. The van der Waals surface area contributed by atoms with Crippen molar-refractivity contribution >= 4 is 34.6 Å². The van der Waals surface area contributed by atoms with Gasteiger partial charge in [0.05, 0.1) is 10.6 Å². The van der Waals surface area contributed by atoms with Crippen LogP contribution < -0.4 is 16.1 Å². The molecule has 1 atom stereocenters. The number of hydrogen-bond acceptors (Lipinski definition) is 6. The summed E-state index contributed by atoms with van der Waals surface area (Å²) in [5, 5.41) is 18.7. The Morgan fingerprint density at radius 3 is 2.59 bits per heavy atom. The molecule has 3 N–H and O–H groups in total. The summed E-state index contributed by atoms with van der Waals surface area (Å²) in [5.41, 5.74) is 5.29. The number of nitro benzene ring substituents is 1. The fraction of sp³-hybridized carbons (Fsp3) is 0.118. The van der Waals surface area contributed by atoms with Crippen LogP contribution in [0.5, 0.6) is 0 Å². The molecule has 0 fully saturated rings. The van der Waals surface area contributed by atoms with E-state index in [1.165, 1.54) is 11.1 Å². The van der Waals surface area contributed by atoms with E-state index >= 15 is 0 Å². The molecule has 1 aliphatic heterocycles. The Morgan fingerprint density at radius 2 is 1.96 bits per heavy atom. The molecule has 0 bridgehead atoms. The Balaban J connectivity index is 1.83. The number of hydrogen-bond donors (Lipinski definition) is 2. The van der Waals surface area contributed by atoms with Gasteiger partial charge >= 0.3 is 5.69 Å². The number of nitrogens with zero attached hydrogens (tertiary/aromatic N) is 3. The van der Waals surface area contributed by atoms with Crippen LogP contribution in [0.2, 0.25) is 0 Å². The summed E-state index contributed by atoms with van der Waals surface area (Å²) in [5.74, 6) is -2.33. The van der Waals surface area contributed by atoms with E-state index in [-0.39, 0.29) is 17.8 Å². The van der Waals surface area contributed by atoms with Gasteiger partial charge in [-0.1, -0.05) is 18.2 Å². The highest BCUT2D eigenvalue weighted by molar-refractivity contribution is 6.44. The second kappa shape index (κ2) is 7.20. The molecule has 0 spiro atoms. The molecule has 2 aromatic rings. The maximum Gasteiger partial charge on any atom is 0.306 e. The number of hydrazone groups is 1. The summed E-state index contributed by atoms with van der Waals surface area (Å²) < 4.78 is 13.4. The molecule has 1 aliphatic rings. The fourth-order valence-electron chi connectivity index (χ4n) is 2.62. The van der Waals surface area contributed by atoms with Crippen molar-refractivity contribution < 1.29 is 18.9 Å². The molecule has 3 rings (SSSR count). The summed E-state index contributed by atoms with van der Waals surface area (Å²) in [6, 6.07) is 10.9. The molecule has 0 radical (unpaired) electrons. The minimum atomic E-state index is -1.01. The highest BCUT2D eigenvalue weighted by Crippen LogP contribution is 2.26. The smallest absolute Gasteiger partial charge is 0.306 e. The zero-order valence-corrected chi connectivity index (χ0v) is 13.8. The summed E-state index contributed by atoms with van der Waals surface area (Å²) in [6.45, 7) is 0. The van der Waals surface area contributed by atoms with Crippen LogP contribution in [-0.2, 0) is 9.59 Å². The number of rotatable bonds is 5. The van der Waals surface area contributed by atoms with E-state index in [1.807, 2.05) is 0 Å². The first kappa shape index (κ1) is 18.0. The Bertz CT molecular complexity index is 948. The van der Waals surface area contributed by atoms with Gasteiger partial charge in [0.25, 0.3) is 5.91 Å². The molecule has 10 heteroatoms. The third kappa shape index (κ3) is 3.73. The van der Waals surface area contributed by atoms with Gasteiger partial charge in [0, 0.05) is 18.2 Å². The number of nitrogens with one attached hydrogen (secondary N) is 1. The van der Waals surface area contributed by atoms with Gasteiger partial charge in [-0.05, 0) is 24.3 Å². The molecule has 0 aromatic heterocycles. The molecule has 2 aromatic carbocycles. The van der Waals surface area contributed by atoms with Gasteiger partial charge < -0.3 is 11.1 Å². The molecule has 0 saturated carbocycles. The maximum atomic E-state index is 13.4. The maximum absolute atomic E-state index is 13.4. The zero-order chi connectivity index (χ0) is 19.6. The molecule has 138 valence electrons. The molecular formula is C17H14FN5O4. The molecular weight excluding hydrogens is 357 g/mol. The predicted molar refractivity (Wildman–Crippen MR) is 95.6 cm³/mol. The Labute approximate surface area is 152 Å². The van der Waals surface area contributed by atoms with E-state index in [1.54, 1.807) is 30.3 Å². The molecule has 2 amide bonds. The number of benzene rings is 2. The third-order valence-corrected chi connectivity index (χ3v) is 3.92. The number of carbonyl (C=O) groups excluding carboxylic acids is 2. The number of halogens is 1. The van der Waals surface area contributed by atoms with Crippen LogP contribution in [0, 0.1) is 15.9 Å². The molecule has 0 aliphatic carbocycles. The van der Waals surface area contributed by atoms with Crippen molar-refractivity contribution in [1.82, 2.24) is 0 Å². The van der Waals surface area contributed by atoms with Gasteiger partial charge in [-0.2, -0.15) is 9.49 Å². The Kier molecular flexibility index (Phi) is 4.79. The van der Waals surface area contributed by atoms with Crippen molar-refractivity contribution in [2.45, 2.75) is 12.5 Å². The van der Waals surface area contributed by atoms with E-state index < -0.39 is 34.3 Å². The van der Waals surface area contributed by atoms with Gasteiger partial charge in [0.2, 0.25) is 11.7 Å². The average molecular weight is 371 g/mol. The van der Waals surface area contributed by atoms with Crippen molar-refractivity contribution in [2.75, 3.05) is 10.3 Å². The van der Waals surface area contributed by atoms with Crippen molar-refractivity contribution in [3.63, 3.8) is 0 Å². The van der Waals surface area contributed by atoms with Crippen LogP contribution in [0.15, 0.2) is 53.6 Å². The first-order chi connectivity index (χ1) is 12.9. The van der Waals surface area contributed by atoms with Crippen LogP contribution in [0.4, 0.5) is 21.5 Å². The first-order valence-electron chi connectivity index (χ1n) is 7.83. The lowest BCUT2D eigenvalue weighted by atomic mass is 10.1. The number of para-hydroxylation sites is 1. The molecule has 27 heavy (non-hydrogen) atoms. The van der Waals surface area contributed by atoms with Crippen LogP contribution in [0.3, 0.4) is 0 Å². The van der Waals surface area contributed by atoms with Gasteiger partial charge in [-0.15, -0.1) is 0 Å². The summed E-state index contributed by atoms with van der Waals surface area (Å²) in [4.78, 5) is 34.1. The topological polar surface area (TPSA) is 131 Å². The van der Waals surface area contributed by atoms with E-state index in [4.69, 9.17) is 5.73 Å². The fourth-order valence-corrected chi connectivity index (χ4v) is 2.62. The molecule has 1 unspecified atom stereocenters. The second-order valence-corrected chi connectivity index (χ2v) is 5.73. The highest BCUT2D eigenvalue weighted by atomic mass is 19.1. The van der Waals surface area contributed by atoms with E-state index in [0.717, 1.165) is 12.1 Å². The van der Waals surface area contributed by atoms with Crippen molar-refractivity contribution in [3.05, 3.63) is 64.5 Å². The van der Waals surface area contributed by atoms with E-state index in [0.29, 0.717) is 5.69 Å². The lowest BCUT2D eigenvalue weighted by Gasteiger charge is -2.20. The van der Waals surface area contributed by atoms with Crippen molar-refractivity contribution in [2.24, 2.45) is 10.8 Å². The highest BCUT2D eigenvalue weighted by Gasteiger charge is 2.35. The minimum Gasteiger partial charge on any atom is -0.368 e. The Hall–Kier alpha value is -3.82. The lowest BCUT2D eigenvalue weighted by molar-refractivity contribution is -0.387. The van der Waals surface area contributed by atoms with Crippen molar-refractivity contribution in [3.8, 4) is 0 Å². The quantitative estimate of drug-likeness (QED) is 0.611. The zero-order valence-electron chi connectivity index (χ0n) is 13.8. The van der Waals surface area contributed by atoms with Gasteiger partial charge in [-0.25, -0.2) is 0 Å².